The van der Waals surface area contributed by atoms with Gasteiger partial charge in [-0.3, -0.25) is 0 Å². The maximum Gasteiger partial charge on any atom is 0.136 e. The summed E-state index contributed by atoms with van der Waals surface area (Å²) >= 11 is 0. The van der Waals surface area contributed by atoms with Gasteiger partial charge in [0, 0.05) is 10.8 Å². The highest BCUT2D eigenvalue weighted by Crippen LogP contribution is 2.47. The molecule has 0 spiro atoms. The molecule has 0 aliphatic heterocycles. The summed E-state index contributed by atoms with van der Waals surface area (Å²) in [5, 5.41) is -2.20. The summed E-state index contributed by atoms with van der Waals surface area (Å²) in [5.41, 5.74) is -2.14. The van der Waals surface area contributed by atoms with Gasteiger partial charge in [-0.05, 0) is 73.1 Å². The number of fused-ring (bicyclic) bond motifs is 5. The van der Waals surface area contributed by atoms with Gasteiger partial charge in [-0.2, -0.15) is 0 Å². The van der Waals surface area contributed by atoms with Crippen LogP contribution in [0.5, 0.6) is 0 Å². The Kier molecular flexibility index (Phi) is 2.21. The van der Waals surface area contributed by atoms with Crippen LogP contribution in [0.3, 0.4) is 0 Å². The normalized spacial score (nSPS) is 18.8. The highest BCUT2D eigenvalue weighted by molar-refractivity contribution is 6.25. The standard InChI is InChI=1S/C38H24O/c1-2-12-25(13-3-1)26-14-10-15-27(24-26)36-28-16-4-6-18-30(28)37(31-19-7-5-17-29(31)36)33-21-11-23-35-38(33)32-20-8-9-22-34(32)39-35/h1-24H/i1D,2D,3D,4D,5D,6D,7D,8D,9D,11D,12D,13D,16D,17D,18D,19D,20D,21D,22D,23D. The van der Waals surface area contributed by atoms with Crippen LogP contribution in [-0.2, 0) is 0 Å². The summed E-state index contributed by atoms with van der Waals surface area (Å²) in [4.78, 5) is 0. The first-order valence-corrected chi connectivity index (χ1v) is 11.7. The third-order valence-electron chi connectivity index (χ3n) is 6.51. The lowest BCUT2D eigenvalue weighted by molar-refractivity contribution is 0.669. The van der Waals surface area contributed by atoms with E-state index < -0.39 is 154 Å². The lowest BCUT2D eigenvalue weighted by atomic mass is 9.84. The van der Waals surface area contributed by atoms with E-state index in [1.807, 2.05) is 0 Å². The zero-order chi connectivity index (χ0) is 43.2. The third-order valence-corrected chi connectivity index (χ3v) is 6.51. The van der Waals surface area contributed by atoms with E-state index >= 15 is 0 Å². The summed E-state index contributed by atoms with van der Waals surface area (Å²) in [7, 11) is 0. The van der Waals surface area contributed by atoms with E-state index in [9.17, 15) is 6.85 Å². The van der Waals surface area contributed by atoms with Crippen LogP contribution in [0.4, 0.5) is 0 Å². The van der Waals surface area contributed by atoms with Gasteiger partial charge in [0.1, 0.15) is 11.2 Å². The van der Waals surface area contributed by atoms with Crippen LogP contribution >= 0.6 is 0 Å². The molecule has 0 aliphatic rings. The summed E-state index contributed by atoms with van der Waals surface area (Å²) in [5.74, 6) is 0. The minimum absolute atomic E-state index is 0.0349. The Labute approximate surface area is 254 Å². The highest BCUT2D eigenvalue weighted by Gasteiger charge is 2.20. The fourth-order valence-electron chi connectivity index (χ4n) is 4.94. The quantitative estimate of drug-likeness (QED) is 0.213. The average Bonchev–Trinajstić information content (AvgIpc) is 3.62. The van der Waals surface area contributed by atoms with Gasteiger partial charge in [-0.25, -0.2) is 0 Å². The molecule has 182 valence electrons. The molecule has 1 nitrogen and oxygen atoms in total. The minimum Gasteiger partial charge on any atom is -0.456 e. The first kappa shape index (κ1) is 9.87. The minimum atomic E-state index is -0.798. The first-order valence-electron chi connectivity index (χ1n) is 21.7. The van der Waals surface area contributed by atoms with Gasteiger partial charge >= 0.3 is 0 Å². The molecule has 0 radical (unpaired) electrons. The molecule has 0 unspecified atom stereocenters. The molecular formula is C38H24O. The van der Waals surface area contributed by atoms with Gasteiger partial charge in [0.05, 0.1) is 27.4 Å². The van der Waals surface area contributed by atoms with Gasteiger partial charge in [-0.15, -0.1) is 0 Å². The Balaban J connectivity index is 1.70. The maximum absolute atomic E-state index is 9.33. The second kappa shape index (κ2) is 8.72. The fraction of sp³-hybridized carbons (Fsp3) is 0. The summed E-state index contributed by atoms with van der Waals surface area (Å²) in [6, 6.07) is -8.38. The van der Waals surface area contributed by atoms with Crippen molar-refractivity contribution in [3.63, 3.8) is 0 Å². The van der Waals surface area contributed by atoms with E-state index in [2.05, 4.69) is 0 Å². The van der Waals surface area contributed by atoms with Crippen molar-refractivity contribution in [3.8, 4) is 33.4 Å². The van der Waals surface area contributed by atoms with Crippen LogP contribution in [0, 0.1) is 0 Å². The van der Waals surface area contributed by atoms with Gasteiger partial charge in [0.15, 0.2) is 0 Å². The Morgan fingerprint density at radius 2 is 1.00 bits per heavy atom. The second-order valence-corrected chi connectivity index (χ2v) is 8.59. The second-order valence-electron chi connectivity index (χ2n) is 8.59. The molecule has 0 saturated heterocycles. The molecule has 0 bridgehead atoms. The first-order chi connectivity index (χ1) is 27.7. The Morgan fingerprint density at radius 3 is 1.72 bits per heavy atom. The van der Waals surface area contributed by atoms with Crippen molar-refractivity contribution in [1.29, 1.82) is 0 Å². The van der Waals surface area contributed by atoms with Gasteiger partial charge in [-0.1, -0.05) is 127 Å². The van der Waals surface area contributed by atoms with Crippen molar-refractivity contribution in [2.75, 3.05) is 0 Å². The van der Waals surface area contributed by atoms with Crippen molar-refractivity contribution >= 4 is 43.5 Å². The van der Waals surface area contributed by atoms with Crippen LogP contribution in [0.25, 0.3) is 76.9 Å². The van der Waals surface area contributed by atoms with E-state index in [1.54, 1.807) is 0 Å². The lowest BCUT2D eigenvalue weighted by Gasteiger charge is -2.18. The molecule has 39 heavy (non-hydrogen) atoms. The molecule has 0 aliphatic carbocycles. The molecular weight excluding hydrogens is 472 g/mol. The maximum atomic E-state index is 9.33. The van der Waals surface area contributed by atoms with Crippen molar-refractivity contribution in [3.05, 3.63) is 145 Å². The smallest absolute Gasteiger partial charge is 0.136 e. The number of hydrogen-bond acceptors (Lipinski definition) is 1. The van der Waals surface area contributed by atoms with Crippen LogP contribution in [0.1, 0.15) is 27.4 Å². The van der Waals surface area contributed by atoms with Crippen LogP contribution < -0.4 is 0 Å². The van der Waals surface area contributed by atoms with Crippen molar-refractivity contribution < 1.29 is 31.8 Å². The highest BCUT2D eigenvalue weighted by atomic mass is 16.3. The van der Waals surface area contributed by atoms with E-state index in [0.29, 0.717) is 0 Å². The number of para-hydroxylation sites is 1. The number of hydrogen-bond donors (Lipinski definition) is 0. The van der Waals surface area contributed by atoms with E-state index in [4.69, 9.17) is 25.0 Å². The summed E-state index contributed by atoms with van der Waals surface area (Å²) in [6.45, 7) is 0. The van der Waals surface area contributed by atoms with Crippen molar-refractivity contribution in [2.24, 2.45) is 0 Å². The molecule has 0 fully saturated rings. The predicted molar refractivity (Wildman–Crippen MR) is 165 cm³/mol. The molecule has 0 N–H and O–H groups in total. The largest absolute Gasteiger partial charge is 0.456 e. The number of rotatable bonds is 3. The summed E-state index contributed by atoms with van der Waals surface area (Å²) in [6.07, 6.45) is 0. The third kappa shape index (κ3) is 3.41. The Morgan fingerprint density at radius 1 is 0.436 bits per heavy atom. The van der Waals surface area contributed by atoms with Crippen molar-refractivity contribution in [1.82, 2.24) is 0 Å². The summed E-state index contributed by atoms with van der Waals surface area (Å²) < 4.78 is 181. The molecule has 1 heteroatoms. The Bertz CT molecular complexity index is 3170. The zero-order valence-electron chi connectivity index (χ0n) is 39.7. The van der Waals surface area contributed by atoms with E-state index in [0.717, 1.165) is 0 Å². The van der Waals surface area contributed by atoms with E-state index in [1.165, 1.54) is 24.3 Å². The molecule has 1 aromatic heterocycles. The molecule has 1 heterocycles. The zero-order valence-corrected chi connectivity index (χ0v) is 19.7. The Hall–Kier alpha value is -5.14. The predicted octanol–water partition coefficient (Wildman–Crippen LogP) is 10.9. The molecule has 8 rings (SSSR count). The number of benzene rings is 7. The van der Waals surface area contributed by atoms with Gasteiger partial charge < -0.3 is 4.42 Å². The number of furan rings is 1. The van der Waals surface area contributed by atoms with Gasteiger partial charge in [0.2, 0.25) is 0 Å². The monoisotopic (exact) mass is 516 g/mol. The van der Waals surface area contributed by atoms with Crippen LogP contribution in [0.15, 0.2) is 150 Å². The van der Waals surface area contributed by atoms with Crippen LogP contribution in [-0.4, -0.2) is 0 Å². The lowest BCUT2D eigenvalue weighted by Crippen LogP contribution is -1.91. The van der Waals surface area contributed by atoms with Gasteiger partial charge in [0.25, 0.3) is 0 Å². The fourth-order valence-corrected chi connectivity index (χ4v) is 4.94. The SMILES string of the molecule is [2H]c1c([2H])c([2H])c(-c2cccc(-c3c4c([2H])c([2H])c([2H])c([2H])c4c(-c4c([2H])c([2H])c([2H])c5oc6c([2H])c([2H])c([2H])c([2H])c6c45)c4c([2H])c([2H])c([2H])c([2H])c34)c2)c([2H])c1[2H]. The molecule has 0 amide bonds. The van der Waals surface area contributed by atoms with E-state index in [-0.39, 0.29) is 43.8 Å². The molecule has 0 atom stereocenters. The van der Waals surface area contributed by atoms with Crippen LogP contribution in [0.2, 0.25) is 0 Å². The molecule has 0 saturated carbocycles. The molecule has 8 aromatic rings. The molecule has 7 aromatic carbocycles. The van der Waals surface area contributed by atoms with Crippen molar-refractivity contribution in [2.45, 2.75) is 0 Å². The average molecular weight is 517 g/mol. The topological polar surface area (TPSA) is 13.1 Å².